The molecule has 0 radical (unpaired) electrons. The largest absolute Gasteiger partial charge is 0.340 e. The van der Waals surface area contributed by atoms with Crippen molar-refractivity contribution in [3.05, 3.63) is 41.2 Å². The Hall–Kier alpha value is -2.06. The zero-order chi connectivity index (χ0) is 14.8. The molecule has 3 heterocycles. The van der Waals surface area contributed by atoms with Crippen LogP contribution in [0.15, 0.2) is 18.5 Å². The van der Waals surface area contributed by atoms with Crippen molar-refractivity contribution in [2.45, 2.75) is 38.8 Å². The number of imidazole rings is 1. The molecule has 0 saturated heterocycles. The molecule has 1 unspecified atom stereocenters. The van der Waals surface area contributed by atoms with E-state index in [1.54, 1.807) is 0 Å². The van der Waals surface area contributed by atoms with Crippen LogP contribution in [0.3, 0.4) is 0 Å². The fraction of sp³-hybridized carbons (Fsp3) is 0.500. The van der Waals surface area contributed by atoms with E-state index in [0.29, 0.717) is 5.92 Å². The highest BCUT2D eigenvalue weighted by molar-refractivity contribution is 5.34. The number of hydrogen-bond donors (Lipinski definition) is 1. The van der Waals surface area contributed by atoms with E-state index in [1.165, 1.54) is 24.2 Å². The minimum absolute atomic E-state index is 0.494. The van der Waals surface area contributed by atoms with E-state index in [2.05, 4.69) is 34.1 Å². The Morgan fingerprint density at radius 2 is 2.38 bits per heavy atom. The predicted molar refractivity (Wildman–Crippen MR) is 80.8 cm³/mol. The van der Waals surface area contributed by atoms with Crippen molar-refractivity contribution in [1.29, 1.82) is 5.26 Å². The van der Waals surface area contributed by atoms with Crippen LogP contribution in [0.5, 0.6) is 0 Å². The molecular formula is C16H21N5. The molecule has 21 heavy (non-hydrogen) atoms. The third-order valence-electron chi connectivity index (χ3n) is 4.53. The van der Waals surface area contributed by atoms with E-state index in [0.717, 1.165) is 31.0 Å². The number of hydrogen-bond acceptors (Lipinski definition) is 3. The number of aryl methyl sites for hydroxylation is 1. The van der Waals surface area contributed by atoms with E-state index >= 15 is 0 Å². The number of nitrogens with zero attached hydrogens (tertiary/aromatic N) is 4. The molecule has 3 rings (SSSR count). The second-order valence-electron chi connectivity index (χ2n) is 5.76. The van der Waals surface area contributed by atoms with Crippen molar-refractivity contribution in [2.24, 2.45) is 7.05 Å². The summed E-state index contributed by atoms with van der Waals surface area (Å²) >= 11 is 0. The zero-order valence-corrected chi connectivity index (χ0v) is 12.6. The summed E-state index contributed by atoms with van der Waals surface area (Å²) in [6, 6.07) is 4.20. The van der Waals surface area contributed by atoms with Crippen LogP contribution in [0.2, 0.25) is 0 Å². The first-order chi connectivity index (χ1) is 10.2. The average Bonchev–Trinajstić information content (AvgIpc) is 3.07. The fourth-order valence-corrected chi connectivity index (χ4v) is 3.13. The van der Waals surface area contributed by atoms with Crippen LogP contribution in [-0.2, 0) is 20.1 Å². The molecular weight excluding hydrogens is 262 g/mol. The number of fused-ring (bicyclic) bond motifs is 1. The zero-order valence-electron chi connectivity index (χ0n) is 12.6. The molecule has 5 heteroatoms. The maximum absolute atomic E-state index is 9.07. The minimum atomic E-state index is 0.494. The number of nitrogens with one attached hydrogen (secondary N) is 1. The quantitative estimate of drug-likeness (QED) is 0.934. The van der Waals surface area contributed by atoms with Crippen molar-refractivity contribution in [1.82, 2.24) is 19.4 Å². The van der Waals surface area contributed by atoms with Gasteiger partial charge in [-0.15, -0.1) is 0 Å². The van der Waals surface area contributed by atoms with E-state index in [1.807, 2.05) is 23.9 Å². The molecule has 1 aliphatic rings. The monoisotopic (exact) mass is 283 g/mol. The van der Waals surface area contributed by atoms with Gasteiger partial charge >= 0.3 is 0 Å². The van der Waals surface area contributed by atoms with Crippen molar-refractivity contribution >= 4 is 0 Å². The highest BCUT2D eigenvalue weighted by Gasteiger charge is 2.21. The Morgan fingerprint density at radius 1 is 1.52 bits per heavy atom. The van der Waals surface area contributed by atoms with Gasteiger partial charge in [0.15, 0.2) is 0 Å². The Morgan fingerprint density at radius 3 is 3.14 bits per heavy atom. The minimum Gasteiger partial charge on any atom is -0.340 e. The van der Waals surface area contributed by atoms with Gasteiger partial charge in [0.05, 0.1) is 0 Å². The molecule has 0 fully saturated rings. The molecule has 1 atom stereocenters. The topological polar surface area (TPSA) is 58.6 Å². The molecule has 1 N–H and O–H groups in total. The SMILES string of the molecule is Cc1c(CNCC2CCCn3ccnc32)cc(C#N)n1C. The van der Waals surface area contributed by atoms with Gasteiger partial charge in [-0.1, -0.05) is 0 Å². The van der Waals surface area contributed by atoms with Gasteiger partial charge in [-0.05, 0) is 31.4 Å². The summed E-state index contributed by atoms with van der Waals surface area (Å²) in [5.74, 6) is 1.70. The maximum atomic E-state index is 9.07. The van der Waals surface area contributed by atoms with E-state index in [-0.39, 0.29) is 0 Å². The summed E-state index contributed by atoms with van der Waals surface area (Å²) < 4.78 is 4.21. The van der Waals surface area contributed by atoms with Crippen LogP contribution in [0.1, 0.15) is 41.5 Å². The highest BCUT2D eigenvalue weighted by Crippen LogP contribution is 2.25. The Bertz CT molecular complexity index is 673. The second kappa shape index (κ2) is 5.74. The standard InChI is InChI=1S/C16H21N5/c1-12-14(8-15(9-17)20(12)2)11-18-10-13-4-3-6-21-7-5-19-16(13)21/h5,7-8,13,18H,3-4,6,10-11H2,1-2H3. The Balaban J connectivity index is 1.62. The van der Waals surface area contributed by atoms with Crippen LogP contribution in [0, 0.1) is 18.3 Å². The third kappa shape index (κ3) is 2.59. The molecule has 0 saturated carbocycles. The molecule has 2 aromatic heterocycles. The molecule has 110 valence electrons. The fourth-order valence-electron chi connectivity index (χ4n) is 3.13. The number of aromatic nitrogens is 3. The van der Waals surface area contributed by atoms with Gasteiger partial charge in [0.1, 0.15) is 17.6 Å². The summed E-state index contributed by atoms with van der Waals surface area (Å²) in [5, 5.41) is 12.6. The molecule has 2 aromatic rings. The van der Waals surface area contributed by atoms with E-state index in [4.69, 9.17) is 5.26 Å². The molecule has 5 nitrogen and oxygen atoms in total. The summed E-state index contributed by atoms with van der Waals surface area (Å²) in [7, 11) is 1.94. The van der Waals surface area contributed by atoms with Crippen LogP contribution < -0.4 is 5.32 Å². The molecule has 0 amide bonds. The van der Waals surface area contributed by atoms with Crippen molar-refractivity contribution in [3.63, 3.8) is 0 Å². The van der Waals surface area contributed by atoms with Crippen molar-refractivity contribution in [2.75, 3.05) is 6.54 Å². The summed E-state index contributed by atoms with van der Waals surface area (Å²) in [6.07, 6.45) is 6.39. The smallest absolute Gasteiger partial charge is 0.120 e. The van der Waals surface area contributed by atoms with Gasteiger partial charge in [-0.3, -0.25) is 0 Å². The van der Waals surface area contributed by atoms with Crippen LogP contribution in [0.25, 0.3) is 0 Å². The Labute approximate surface area is 125 Å². The third-order valence-corrected chi connectivity index (χ3v) is 4.53. The molecule has 1 aliphatic heterocycles. The molecule has 0 bridgehead atoms. The number of nitriles is 1. The first-order valence-electron chi connectivity index (χ1n) is 7.47. The van der Waals surface area contributed by atoms with Gasteiger partial charge in [-0.25, -0.2) is 4.98 Å². The van der Waals surface area contributed by atoms with Crippen LogP contribution >= 0.6 is 0 Å². The van der Waals surface area contributed by atoms with Gasteiger partial charge in [-0.2, -0.15) is 5.26 Å². The molecule has 0 aromatic carbocycles. The average molecular weight is 283 g/mol. The molecule has 0 aliphatic carbocycles. The lowest BCUT2D eigenvalue weighted by atomic mass is 9.99. The summed E-state index contributed by atoms with van der Waals surface area (Å²) in [4.78, 5) is 4.49. The van der Waals surface area contributed by atoms with Crippen LogP contribution in [0.4, 0.5) is 0 Å². The number of rotatable bonds is 4. The lowest BCUT2D eigenvalue weighted by Crippen LogP contribution is -2.26. The summed E-state index contributed by atoms with van der Waals surface area (Å²) in [5.41, 5.74) is 3.08. The molecule has 0 spiro atoms. The lowest BCUT2D eigenvalue weighted by molar-refractivity contribution is 0.423. The lowest BCUT2D eigenvalue weighted by Gasteiger charge is -2.23. The van der Waals surface area contributed by atoms with Gasteiger partial charge in [0, 0.05) is 50.7 Å². The maximum Gasteiger partial charge on any atom is 0.120 e. The Kier molecular flexibility index (Phi) is 3.80. The normalized spacial score (nSPS) is 17.5. The van der Waals surface area contributed by atoms with Gasteiger partial charge in [0.2, 0.25) is 0 Å². The van der Waals surface area contributed by atoms with Crippen LogP contribution in [-0.4, -0.2) is 20.7 Å². The first-order valence-corrected chi connectivity index (χ1v) is 7.47. The van der Waals surface area contributed by atoms with Crippen molar-refractivity contribution in [3.8, 4) is 6.07 Å². The van der Waals surface area contributed by atoms with Gasteiger partial charge < -0.3 is 14.5 Å². The van der Waals surface area contributed by atoms with Crippen molar-refractivity contribution < 1.29 is 0 Å². The van der Waals surface area contributed by atoms with E-state index < -0.39 is 0 Å². The predicted octanol–water partition coefficient (Wildman–Crippen LogP) is 2.07. The second-order valence-corrected chi connectivity index (χ2v) is 5.76. The summed E-state index contributed by atoms with van der Waals surface area (Å²) in [6.45, 7) is 4.89. The van der Waals surface area contributed by atoms with Gasteiger partial charge in [0.25, 0.3) is 0 Å². The first kappa shape index (κ1) is 13.9. The highest BCUT2D eigenvalue weighted by atomic mass is 15.1. The van der Waals surface area contributed by atoms with E-state index in [9.17, 15) is 0 Å².